The first-order valence-electron chi connectivity index (χ1n) is 9.45. The van der Waals surface area contributed by atoms with Crippen LogP contribution in [0.25, 0.3) is 0 Å². The minimum absolute atomic E-state index is 0.0397. The Morgan fingerprint density at radius 3 is 2.69 bits per heavy atom. The van der Waals surface area contributed by atoms with E-state index in [0.29, 0.717) is 17.7 Å². The fraction of sp³-hybridized carbons (Fsp3) is 0.550. The van der Waals surface area contributed by atoms with Crippen LogP contribution in [0, 0.1) is 12.8 Å². The first-order chi connectivity index (χ1) is 12.6. The van der Waals surface area contributed by atoms with E-state index in [1.807, 2.05) is 18.3 Å². The van der Waals surface area contributed by atoms with Crippen molar-refractivity contribution in [1.29, 1.82) is 0 Å². The molecule has 0 aromatic carbocycles. The van der Waals surface area contributed by atoms with E-state index in [0.717, 1.165) is 36.9 Å². The maximum Gasteiger partial charge on any atom is 0.223 e. The van der Waals surface area contributed by atoms with Crippen LogP contribution in [-0.2, 0) is 12.8 Å². The average Bonchev–Trinajstić information content (AvgIpc) is 2.64. The van der Waals surface area contributed by atoms with Gasteiger partial charge in [0.25, 0.3) is 0 Å². The Morgan fingerprint density at radius 1 is 1.19 bits per heavy atom. The third-order valence-corrected chi connectivity index (χ3v) is 5.62. The quantitative estimate of drug-likeness (QED) is 0.859. The number of ether oxygens (including phenoxy) is 1. The third-order valence-electron chi connectivity index (χ3n) is 5.62. The molecule has 26 heavy (non-hydrogen) atoms. The molecule has 0 amide bonds. The van der Waals surface area contributed by atoms with Crippen molar-refractivity contribution in [3.05, 3.63) is 40.8 Å². The molecule has 0 aliphatic heterocycles. The molecule has 138 valence electrons. The fourth-order valence-electron chi connectivity index (χ4n) is 4.06. The highest BCUT2D eigenvalue weighted by Crippen LogP contribution is 2.40. The van der Waals surface area contributed by atoms with Crippen LogP contribution in [0.3, 0.4) is 0 Å². The van der Waals surface area contributed by atoms with Crippen LogP contribution < -0.4 is 10.1 Å². The first-order valence-corrected chi connectivity index (χ1v) is 9.45. The molecule has 2 heterocycles. The molecule has 1 unspecified atom stereocenters. The standard InChI is InChI=1S/C20H26N4O2/c1-12-16-5-3-4-6-17(16)23-20(22-12)24-19(14-9-15(25)10-14)13-7-8-18(26-2)21-11-13/h7-8,11,14-15,19,25H,3-6,9-10H2,1-2H3,(H,22,23,24). The number of aryl methyl sites for hydroxylation is 2. The molecule has 2 N–H and O–H groups in total. The minimum atomic E-state index is -0.207. The Bertz CT molecular complexity index is 772. The van der Waals surface area contributed by atoms with Gasteiger partial charge in [-0.3, -0.25) is 0 Å². The lowest BCUT2D eigenvalue weighted by molar-refractivity contribution is 0.0338. The van der Waals surface area contributed by atoms with Crippen LogP contribution in [0.1, 0.15) is 54.2 Å². The van der Waals surface area contributed by atoms with Crippen molar-refractivity contribution in [1.82, 2.24) is 15.0 Å². The predicted molar refractivity (Wildman–Crippen MR) is 99.3 cm³/mol. The van der Waals surface area contributed by atoms with E-state index in [9.17, 15) is 5.11 Å². The van der Waals surface area contributed by atoms with Crippen molar-refractivity contribution < 1.29 is 9.84 Å². The smallest absolute Gasteiger partial charge is 0.223 e. The van der Waals surface area contributed by atoms with Crippen molar-refractivity contribution in [2.24, 2.45) is 5.92 Å². The van der Waals surface area contributed by atoms with Gasteiger partial charge in [-0.2, -0.15) is 0 Å². The molecule has 0 saturated heterocycles. The summed E-state index contributed by atoms with van der Waals surface area (Å²) in [6, 6.07) is 3.94. The van der Waals surface area contributed by atoms with E-state index in [1.54, 1.807) is 7.11 Å². The number of rotatable bonds is 5. The Kier molecular flexibility index (Phi) is 4.76. The molecule has 6 nitrogen and oxygen atoms in total. The van der Waals surface area contributed by atoms with Crippen molar-refractivity contribution in [2.45, 2.75) is 57.6 Å². The fourth-order valence-corrected chi connectivity index (χ4v) is 4.06. The van der Waals surface area contributed by atoms with Gasteiger partial charge in [0.1, 0.15) is 0 Å². The van der Waals surface area contributed by atoms with Gasteiger partial charge in [0, 0.05) is 23.7 Å². The molecule has 0 spiro atoms. The van der Waals surface area contributed by atoms with E-state index in [4.69, 9.17) is 14.7 Å². The second-order valence-corrected chi connectivity index (χ2v) is 7.41. The Morgan fingerprint density at radius 2 is 2.00 bits per heavy atom. The van der Waals surface area contributed by atoms with Gasteiger partial charge in [-0.25, -0.2) is 15.0 Å². The van der Waals surface area contributed by atoms with E-state index in [-0.39, 0.29) is 12.1 Å². The maximum absolute atomic E-state index is 9.77. The van der Waals surface area contributed by atoms with E-state index < -0.39 is 0 Å². The first kappa shape index (κ1) is 17.2. The van der Waals surface area contributed by atoms with Crippen molar-refractivity contribution in [3.63, 3.8) is 0 Å². The molecule has 1 fully saturated rings. The SMILES string of the molecule is COc1ccc(C(Nc2nc(C)c3c(n2)CCCC3)C2CC(O)C2)cn1. The lowest BCUT2D eigenvalue weighted by Gasteiger charge is -2.38. The molecular weight excluding hydrogens is 328 g/mol. The second-order valence-electron chi connectivity index (χ2n) is 7.41. The Balaban J connectivity index is 1.61. The van der Waals surface area contributed by atoms with Gasteiger partial charge in [-0.05, 0) is 62.5 Å². The average molecular weight is 354 g/mol. The zero-order valence-electron chi connectivity index (χ0n) is 15.4. The van der Waals surface area contributed by atoms with Crippen LogP contribution in [0.2, 0.25) is 0 Å². The summed E-state index contributed by atoms with van der Waals surface area (Å²) < 4.78 is 5.17. The topological polar surface area (TPSA) is 80.2 Å². The number of methoxy groups -OCH3 is 1. The van der Waals surface area contributed by atoms with Crippen LogP contribution in [0.4, 0.5) is 5.95 Å². The summed E-state index contributed by atoms with van der Waals surface area (Å²) in [5.74, 6) is 1.63. The summed E-state index contributed by atoms with van der Waals surface area (Å²) in [4.78, 5) is 13.9. The molecule has 4 rings (SSSR count). The number of fused-ring (bicyclic) bond motifs is 1. The van der Waals surface area contributed by atoms with E-state index in [1.165, 1.54) is 24.1 Å². The van der Waals surface area contributed by atoms with Gasteiger partial charge >= 0.3 is 0 Å². The maximum atomic E-state index is 9.77. The van der Waals surface area contributed by atoms with Gasteiger partial charge in [0.15, 0.2) is 0 Å². The van der Waals surface area contributed by atoms with Crippen molar-refractivity contribution in [3.8, 4) is 5.88 Å². The lowest BCUT2D eigenvalue weighted by Crippen LogP contribution is -2.36. The van der Waals surface area contributed by atoms with Crippen molar-refractivity contribution >= 4 is 5.95 Å². The van der Waals surface area contributed by atoms with Gasteiger partial charge < -0.3 is 15.2 Å². The molecule has 6 heteroatoms. The molecular formula is C20H26N4O2. The summed E-state index contributed by atoms with van der Waals surface area (Å²) in [5, 5.41) is 13.3. The second kappa shape index (κ2) is 7.19. The number of pyridine rings is 1. The number of anilines is 1. The summed E-state index contributed by atoms with van der Waals surface area (Å²) >= 11 is 0. The van der Waals surface area contributed by atoms with E-state index >= 15 is 0 Å². The van der Waals surface area contributed by atoms with Crippen LogP contribution in [-0.4, -0.2) is 33.3 Å². The van der Waals surface area contributed by atoms with Crippen LogP contribution in [0.15, 0.2) is 18.3 Å². The summed E-state index contributed by atoms with van der Waals surface area (Å²) in [7, 11) is 1.61. The Hall–Kier alpha value is -2.21. The van der Waals surface area contributed by atoms with Crippen LogP contribution >= 0.6 is 0 Å². The number of nitrogens with zero attached hydrogens (tertiary/aromatic N) is 3. The molecule has 1 saturated carbocycles. The third kappa shape index (κ3) is 3.38. The number of hydrogen-bond acceptors (Lipinski definition) is 6. The van der Waals surface area contributed by atoms with Gasteiger partial charge in [-0.15, -0.1) is 0 Å². The highest BCUT2D eigenvalue weighted by atomic mass is 16.5. The molecule has 2 aliphatic rings. The molecule has 2 aromatic rings. The number of aromatic nitrogens is 3. The number of aliphatic hydroxyl groups is 1. The Labute approximate surface area is 154 Å². The monoisotopic (exact) mass is 354 g/mol. The highest BCUT2D eigenvalue weighted by Gasteiger charge is 2.35. The normalized spacial score (nSPS) is 22.9. The molecule has 2 aliphatic carbocycles. The zero-order valence-corrected chi connectivity index (χ0v) is 15.4. The zero-order chi connectivity index (χ0) is 18.1. The van der Waals surface area contributed by atoms with Gasteiger partial charge in [-0.1, -0.05) is 6.07 Å². The molecule has 0 radical (unpaired) electrons. The summed E-state index contributed by atoms with van der Waals surface area (Å²) in [5.41, 5.74) is 4.66. The summed E-state index contributed by atoms with van der Waals surface area (Å²) in [6.45, 7) is 2.08. The highest BCUT2D eigenvalue weighted by molar-refractivity contribution is 5.39. The molecule has 2 aromatic heterocycles. The van der Waals surface area contributed by atoms with Gasteiger partial charge in [0.2, 0.25) is 11.8 Å². The lowest BCUT2D eigenvalue weighted by atomic mass is 9.75. The largest absolute Gasteiger partial charge is 0.481 e. The summed E-state index contributed by atoms with van der Waals surface area (Å²) in [6.07, 6.45) is 7.75. The van der Waals surface area contributed by atoms with Gasteiger partial charge in [0.05, 0.1) is 19.3 Å². The molecule has 0 bridgehead atoms. The van der Waals surface area contributed by atoms with Crippen molar-refractivity contribution in [2.75, 3.05) is 12.4 Å². The molecule has 1 atom stereocenters. The number of hydrogen-bond donors (Lipinski definition) is 2. The van der Waals surface area contributed by atoms with E-state index in [2.05, 4.69) is 17.2 Å². The van der Waals surface area contributed by atoms with Crippen LogP contribution in [0.5, 0.6) is 5.88 Å². The minimum Gasteiger partial charge on any atom is -0.481 e. The predicted octanol–water partition coefficient (Wildman–Crippen LogP) is 2.99. The number of nitrogens with one attached hydrogen (secondary N) is 1. The number of aliphatic hydroxyl groups excluding tert-OH is 1.